The second-order valence-electron chi connectivity index (χ2n) is 6.79. The van der Waals surface area contributed by atoms with Crippen molar-refractivity contribution in [2.75, 3.05) is 7.05 Å². The number of fused-ring (bicyclic) bond motifs is 1. The van der Waals surface area contributed by atoms with Crippen LogP contribution in [0.15, 0.2) is 58.7 Å². The van der Waals surface area contributed by atoms with Crippen molar-refractivity contribution >= 4 is 21.6 Å². The summed E-state index contributed by atoms with van der Waals surface area (Å²) in [6, 6.07) is 12.5. The van der Waals surface area contributed by atoms with E-state index >= 15 is 0 Å². The van der Waals surface area contributed by atoms with E-state index in [1.807, 2.05) is 18.5 Å². The number of aromatic amines is 1. The van der Waals surface area contributed by atoms with E-state index in [-0.39, 0.29) is 17.2 Å². The predicted octanol–water partition coefficient (Wildman–Crippen LogP) is 3.14. The first kappa shape index (κ1) is 18.5. The van der Waals surface area contributed by atoms with E-state index in [4.69, 9.17) is 0 Å². The SMILES string of the molecule is C[NH+](Cc1cccc(F)c1)Cc1nc2scc(-c3ccc(F)cc3)c2c(=O)[nH]1. The molecule has 0 aliphatic carbocycles. The maximum atomic E-state index is 13.3. The van der Waals surface area contributed by atoms with Crippen LogP contribution in [0.5, 0.6) is 0 Å². The van der Waals surface area contributed by atoms with Gasteiger partial charge in [0.2, 0.25) is 0 Å². The zero-order chi connectivity index (χ0) is 19.7. The summed E-state index contributed by atoms with van der Waals surface area (Å²) in [5.41, 5.74) is 2.21. The molecule has 1 atom stereocenters. The molecular weight excluding hydrogens is 380 g/mol. The molecule has 0 aliphatic rings. The summed E-state index contributed by atoms with van der Waals surface area (Å²) in [6.07, 6.45) is 0. The highest BCUT2D eigenvalue weighted by Gasteiger charge is 2.15. The maximum Gasteiger partial charge on any atom is 0.260 e. The average Bonchev–Trinajstić information content (AvgIpc) is 3.06. The van der Waals surface area contributed by atoms with Crippen LogP contribution in [0.3, 0.4) is 0 Å². The molecule has 2 aromatic carbocycles. The van der Waals surface area contributed by atoms with E-state index in [2.05, 4.69) is 9.97 Å². The Morgan fingerprint density at radius 2 is 1.86 bits per heavy atom. The van der Waals surface area contributed by atoms with Gasteiger partial charge in [-0.05, 0) is 29.8 Å². The van der Waals surface area contributed by atoms with Crippen molar-refractivity contribution in [1.82, 2.24) is 9.97 Å². The van der Waals surface area contributed by atoms with Gasteiger partial charge in [-0.3, -0.25) is 4.79 Å². The number of aromatic nitrogens is 2. The molecule has 0 saturated carbocycles. The van der Waals surface area contributed by atoms with Gasteiger partial charge in [0.15, 0.2) is 5.82 Å². The van der Waals surface area contributed by atoms with Gasteiger partial charge in [-0.2, -0.15) is 0 Å². The van der Waals surface area contributed by atoms with Crippen LogP contribution in [0.2, 0.25) is 0 Å². The summed E-state index contributed by atoms with van der Waals surface area (Å²) in [6.45, 7) is 1.12. The van der Waals surface area contributed by atoms with Gasteiger partial charge in [-0.25, -0.2) is 13.8 Å². The van der Waals surface area contributed by atoms with Gasteiger partial charge in [0.1, 0.15) is 29.6 Å². The molecule has 2 heterocycles. The molecule has 0 aliphatic heterocycles. The smallest absolute Gasteiger partial charge is 0.260 e. The lowest BCUT2D eigenvalue weighted by Crippen LogP contribution is -3.06. The zero-order valence-corrected chi connectivity index (χ0v) is 15.9. The van der Waals surface area contributed by atoms with Crippen molar-refractivity contribution in [3.05, 3.63) is 87.3 Å². The molecule has 28 heavy (non-hydrogen) atoms. The van der Waals surface area contributed by atoms with Gasteiger partial charge >= 0.3 is 0 Å². The van der Waals surface area contributed by atoms with Crippen LogP contribution in [0, 0.1) is 11.6 Å². The lowest BCUT2D eigenvalue weighted by molar-refractivity contribution is -0.908. The van der Waals surface area contributed by atoms with Gasteiger partial charge in [0, 0.05) is 16.5 Å². The minimum atomic E-state index is -0.318. The van der Waals surface area contributed by atoms with E-state index in [1.165, 1.54) is 35.6 Å². The third-order valence-electron chi connectivity index (χ3n) is 4.51. The minimum Gasteiger partial charge on any atom is -0.327 e. The largest absolute Gasteiger partial charge is 0.327 e. The number of nitrogens with one attached hydrogen (secondary N) is 2. The third-order valence-corrected chi connectivity index (χ3v) is 5.38. The first-order chi connectivity index (χ1) is 13.5. The van der Waals surface area contributed by atoms with Crippen molar-refractivity contribution in [1.29, 1.82) is 0 Å². The Morgan fingerprint density at radius 3 is 2.61 bits per heavy atom. The molecule has 7 heteroatoms. The summed E-state index contributed by atoms with van der Waals surface area (Å²) >= 11 is 1.39. The lowest BCUT2D eigenvalue weighted by atomic mass is 10.1. The van der Waals surface area contributed by atoms with Crippen LogP contribution >= 0.6 is 11.3 Å². The number of benzene rings is 2. The maximum absolute atomic E-state index is 13.3. The van der Waals surface area contributed by atoms with Crippen molar-refractivity contribution in [2.24, 2.45) is 0 Å². The molecule has 0 fully saturated rings. The lowest BCUT2D eigenvalue weighted by Gasteiger charge is -2.13. The number of hydrogen-bond donors (Lipinski definition) is 2. The highest BCUT2D eigenvalue weighted by Crippen LogP contribution is 2.30. The Bertz CT molecular complexity index is 1180. The van der Waals surface area contributed by atoms with E-state index in [0.29, 0.717) is 29.1 Å². The number of H-pyrrole nitrogens is 1. The average molecular weight is 398 g/mol. The van der Waals surface area contributed by atoms with Crippen LogP contribution < -0.4 is 10.5 Å². The van der Waals surface area contributed by atoms with Crippen LogP contribution in [0.1, 0.15) is 11.4 Å². The first-order valence-electron chi connectivity index (χ1n) is 8.81. The number of thiophene rings is 1. The molecule has 0 bridgehead atoms. The Balaban J connectivity index is 1.59. The molecule has 0 spiro atoms. The van der Waals surface area contributed by atoms with Crippen LogP contribution in [-0.4, -0.2) is 17.0 Å². The number of rotatable bonds is 5. The molecule has 0 radical (unpaired) electrons. The Morgan fingerprint density at radius 1 is 1.07 bits per heavy atom. The summed E-state index contributed by atoms with van der Waals surface area (Å²) in [5.74, 6) is 0.00554. The van der Waals surface area contributed by atoms with Crippen LogP contribution in [0.4, 0.5) is 8.78 Å². The summed E-state index contributed by atoms with van der Waals surface area (Å²) in [4.78, 5) is 21.9. The fourth-order valence-electron chi connectivity index (χ4n) is 3.26. The van der Waals surface area contributed by atoms with Crippen LogP contribution in [0.25, 0.3) is 21.3 Å². The van der Waals surface area contributed by atoms with E-state index < -0.39 is 0 Å². The van der Waals surface area contributed by atoms with E-state index in [1.54, 1.807) is 18.2 Å². The van der Waals surface area contributed by atoms with Crippen LogP contribution in [-0.2, 0) is 13.1 Å². The Labute approximate surface area is 164 Å². The second-order valence-corrected chi connectivity index (χ2v) is 7.65. The molecule has 4 nitrogen and oxygen atoms in total. The number of quaternary nitrogens is 1. The molecule has 1 unspecified atom stereocenters. The van der Waals surface area contributed by atoms with Gasteiger partial charge in [-0.1, -0.05) is 24.3 Å². The number of nitrogens with zero attached hydrogens (tertiary/aromatic N) is 1. The Kier molecular flexibility index (Phi) is 5.02. The molecule has 4 aromatic rings. The zero-order valence-electron chi connectivity index (χ0n) is 15.1. The second kappa shape index (κ2) is 7.61. The molecule has 4 rings (SSSR count). The van der Waals surface area contributed by atoms with Crippen molar-refractivity contribution < 1.29 is 13.7 Å². The quantitative estimate of drug-likeness (QED) is 0.543. The highest BCUT2D eigenvalue weighted by molar-refractivity contribution is 7.17. The molecular formula is C21H18F2N3OS+. The summed E-state index contributed by atoms with van der Waals surface area (Å²) < 4.78 is 26.5. The van der Waals surface area contributed by atoms with Crippen molar-refractivity contribution in [2.45, 2.75) is 13.1 Å². The predicted molar refractivity (Wildman–Crippen MR) is 106 cm³/mol. The van der Waals surface area contributed by atoms with E-state index in [0.717, 1.165) is 21.6 Å². The van der Waals surface area contributed by atoms with E-state index in [9.17, 15) is 13.6 Å². The fraction of sp³-hybridized carbons (Fsp3) is 0.143. The fourth-order valence-corrected chi connectivity index (χ4v) is 4.23. The van der Waals surface area contributed by atoms with Crippen molar-refractivity contribution in [3.8, 4) is 11.1 Å². The van der Waals surface area contributed by atoms with Gasteiger partial charge in [-0.15, -0.1) is 11.3 Å². The highest BCUT2D eigenvalue weighted by atomic mass is 32.1. The molecule has 0 saturated heterocycles. The number of halogens is 2. The first-order valence-corrected chi connectivity index (χ1v) is 9.69. The topological polar surface area (TPSA) is 50.2 Å². The monoisotopic (exact) mass is 398 g/mol. The summed E-state index contributed by atoms with van der Waals surface area (Å²) in [7, 11) is 1.97. The minimum absolute atomic E-state index is 0.209. The van der Waals surface area contributed by atoms with Gasteiger partial charge in [0.05, 0.1) is 12.4 Å². The molecule has 142 valence electrons. The standard InChI is InChI=1S/C21H17F2N3OS/c1-26(10-13-3-2-4-16(23)9-13)11-18-24-20(27)19-17(12-28-21(19)25-18)14-5-7-15(22)8-6-14/h2-9,12H,10-11H2,1H3,(H,24,25,27)/p+1. The van der Waals surface area contributed by atoms with Gasteiger partial charge in [0.25, 0.3) is 5.56 Å². The van der Waals surface area contributed by atoms with Gasteiger partial charge < -0.3 is 9.88 Å². The normalized spacial score (nSPS) is 12.4. The summed E-state index contributed by atoms with van der Waals surface area (Å²) in [5, 5.41) is 2.39. The van der Waals surface area contributed by atoms with Crippen molar-refractivity contribution in [3.63, 3.8) is 0 Å². The molecule has 2 N–H and O–H groups in total. The molecule has 2 aromatic heterocycles. The molecule has 0 amide bonds. The number of hydrogen-bond acceptors (Lipinski definition) is 3. The third kappa shape index (κ3) is 3.85. The Hall–Kier alpha value is -2.90.